The highest BCUT2D eigenvalue weighted by Gasteiger charge is 2.47. The van der Waals surface area contributed by atoms with E-state index in [1.807, 2.05) is 12.2 Å². The summed E-state index contributed by atoms with van der Waals surface area (Å²) >= 11 is 0. The maximum atomic E-state index is 13.0. The quantitative estimate of drug-likeness (QED) is 0.0179. The van der Waals surface area contributed by atoms with Crippen LogP contribution in [0.5, 0.6) is 0 Å². The number of unbranched alkanes of at least 4 members (excludes halogenated alkanes) is 11. The molecule has 2 aliphatic rings. The smallest absolute Gasteiger partial charge is 0.306 e. The Kier molecular flexibility index (Phi) is 36.9. The van der Waals surface area contributed by atoms with Crippen LogP contribution in [-0.4, -0.2) is 142 Å². The number of aliphatic hydroxyl groups is 7. The highest BCUT2D eigenvalue weighted by atomic mass is 16.7. The average Bonchev–Trinajstić information content (AvgIpc) is 3.35. The molecule has 2 heterocycles. The molecule has 0 aromatic heterocycles. The molecule has 11 atom stereocenters. The number of hydrogen-bond donors (Lipinski definition) is 7. The molecule has 0 radical (unpaired) electrons. The third-order valence-corrected chi connectivity index (χ3v) is 11.9. The molecule has 0 spiro atoms. The van der Waals surface area contributed by atoms with Gasteiger partial charge in [-0.05, 0) is 83.5 Å². The minimum atomic E-state index is -1.78. The number of carbonyl (C=O) groups excluding carboxylic acids is 2. The summed E-state index contributed by atoms with van der Waals surface area (Å²) in [4.78, 5) is 25.8. The first kappa shape index (κ1) is 62.8. The van der Waals surface area contributed by atoms with Gasteiger partial charge in [0, 0.05) is 12.8 Å². The summed E-state index contributed by atoms with van der Waals surface area (Å²) in [5.74, 6) is -1.01. The lowest BCUT2D eigenvalue weighted by molar-refractivity contribution is -0.332. The van der Waals surface area contributed by atoms with Crippen molar-refractivity contribution in [1.82, 2.24) is 0 Å². The SMILES string of the molecule is CC/C=C/C/C=C/C/C=C/C/C=C/C/C=C/CCCC(=O)OC[C@@H](CO[C@@H]1O[C@H](CO[C@@H]2O[C@H](CO)[C@H](O)C(O)C2O)[C@H](O)C(O)C1O)OC(=O)CCCCCCCCC/C=C/C/C=C/CCCCC. The van der Waals surface area contributed by atoms with Gasteiger partial charge in [0.25, 0.3) is 0 Å². The van der Waals surface area contributed by atoms with E-state index in [1.54, 1.807) is 0 Å². The molecule has 2 fully saturated rings. The van der Waals surface area contributed by atoms with Gasteiger partial charge in [-0.1, -0.05) is 144 Å². The second kappa shape index (κ2) is 41.2. The molecule has 0 bridgehead atoms. The fraction of sp³-hybridized carbons (Fsp3) is 0.709. The van der Waals surface area contributed by atoms with E-state index in [0.717, 1.165) is 89.9 Å². The van der Waals surface area contributed by atoms with E-state index in [1.165, 1.54) is 19.3 Å². The second-order valence-corrected chi connectivity index (χ2v) is 18.0. The molecular formula is C55H90O15. The number of aliphatic hydroxyl groups excluding tert-OH is 7. The van der Waals surface area contributed by atoms with Crippen LogP contribution in [0, 0.1) is 0 Å². The van der Waals surface area contributed by atoms with Crippen LogP contribution in [-0.2, 0) is 38.0 Å². The summed E-state index contributed by atoms with van der Waals surface area (Å²) in [7, 11) is 0. The van der Waals surface area contributed by atoms with Gasteiger partial charge in [-0.15, -0.1) is 0 Å². The maximum absolute atomic E-state index is 13.0. The molecule has 2 rings (SSSR count). The molecular weight excluding hydrogens is 901 g/mol. The molecule has 0 aromatic carbocycles. The summed E-state index contributed by atoms with van der Waals surface area (Å²) in [5, 5.41) is 72.1. The van der Waals surface area contributed by atoms with Crippen molar-refractivity contribution in [1.29, 1.82) is 0 Å². The van der Waals surface area contributed by atoms with E-state index >= 15 is 0 Å². The average molecular weight is 991 g/mol. The fourth-order valence-corrected chi connectivity index (χ4v) is 7.58. The number of allylic oxidation sites excluding steroid dienone is 14. The van der Waals surface area contributed by atoms with Crippen molar-refractivity contribution in [3.63, 3.8) is 0 Å². The van der Waals surface area contributed by atoms with E-state index in [4.69, 9.17) is 28.4 Å². The van der Waals surface area contributed by atoms with Crippen LogP contribution in [0.2, 0.25) is 0 Å². The van der Waals surface area contributed by atoms with Gasteiger partial charge in [0.2, 0.25) is 0 Å². The Morgan fingerprint density at radius 2 is 0.914 bits per heavy atom. The van der Waals surface area contributed by atoms with Gasteiger partial charge in [-0.25, -0.2) is 0 Å². The Hall–Kier alpha value is -3.32. The first-order valence-electron chi connectivity index (χ1n) is 26.2. The zero-order valence-corrected chi connectivity index (χ0v) is 42.2. The second-order valence-electron chi connectivity index (χ2n) is 18.0. The van der Waals surface area contributed by atoms with E-state index in [-0.39, 0.29) is 19.4 Å². The lowest BCUT2D eigenvalue weighted by Gasteiger charge is -2.42. The van der Waals surface area contributed by atoms with Crippen LogP contribution in [0.25, 0.3) is 0 Å². The Morgan fingerprint density at radius 1 is 0.471 bits per heavy atom. The molecule has 0 aliphatic carbocycles. The number of rotatable bonds is 39. The van der Waals surface area contributed by atoms with E-state index in [2.05, 4.69) is 86.8 Å². The molecule has 70 heavy (non-hydrogen) atoms. The van der Waals surface area contributed by atoms with Crippen molar-refractivity contribution >= 4 is 11.9 Å². The van der Waals surface area contributed by atoms with Crippen LogP contribution < -0.4 is 0 Å². The minimum absolute atomic E-state index is 0.133. The molecule has 2 aliphatic heterocycles. The predicted molar refractivity (Wildman–Crippen MR) is 270 cm³/mol. The van der Waals surface area contributed by atoms with Crippen molar-refractivity contribution in [2.75, 3.05) is 26.4 Å². The lowest BCUT2D eigenvalue weighted by atomic mass is 9.98. The van der Waals surface area contributed by atoms with Gasteiger partial charge in [0.05, 0.1) is 19.8 Å². The molecule has 0 amide bonds. The monoisotopic (exact) mass is 991 g/mol. The zero-order chi connectivity index (χ0) is 51.0. The van der Waals surface area contributed by atoms with Crippen molar-refractivity contribution in [2.24, 2.45) is 0 Å². The first-order valence-corrected chi connectivity index (χ1v) is 26.2. The first-order chi connectivity index (χ1) is 34.0. The highest BCUT2D eigenvalue weighted by molar-refractivity contribution is 5.70. The number of esters is 2. The normalized spacial score (nSPS) is 26.1. The fourth-order valence-electron chi connectivity index (χ4n) is 7.58. The largest absolute Gasteiger partial charge is 0.462 e. The molecule has 4 unspecified atom stereocenters. The predicted octanol–water partition coefficient (Wildman–Crippen LogP) is 7.60. The van der Waals surface area contributed by atoms with Crippen molar-refractivity contribution in [2.45, 2.75) is 223 Å². The van der Waals surface area contributed by atoms with Crippen molar-refractivity contribution < 1.29 is 73.8 Å². The van der Waals surface area contributed by atoms with Gasteiger partial charge < -0.3 is 64.2 Å². The Morgan fingerprint density at radius 3 is 1.46 bits per heavy atom. The summed E-state index contributed by atoms with van der Waals surface area (Å²) in [6, 6.07) is 0. The maximum Gasteiger partial charge on any atom is 0.306 e. The Balaban J connectivity index is 1.84. The molecule has 15 heteroatoms. The van der Waals surface area contributed by atoms with Gasteiger partial charge in [-0.2, -0.15) is 0 Å². The van der Waals surface area contributed by atoms with E-state index < -0.39 is 99.3 Å². The molecule has 400 valence electrons. The highest BCUT2D eigenvalue weighted by Crippen LogP contribution is 2.26. The molecule has 0 saturated carbocycles. The van der Waals surface area contributed by atoms with Gasteiger partial charge in [0.15, 0.2) is 18.7 Å². The molecule has 7 N–H and O–H groups in total. The number of carbonyl (C=O) groups is 2. The molecule has 0 aromatic rings. The summed E-state index contributed by atoms with van der Waals surface area (Å²) in [6.07, 6.45) is 33.2. The third-order valence-electron chi connectivity index (χ3n) is 11.9. The van der Waals surface area contributed by atoms with E-state index in [0.29, 0.717) is 19.3 Å². The molecule has 15 nitrogen and oxygen atoms in total. The van der Waals surface area contributed by atoms with Crippen LogP contribution >= 0.6 is 0 Å². The minimum Gasteiger partial charge on any atom is -0.462 e. The third kappa shape index (κ3) is 28.7. The summed E-state index contributed by atoms with van der Waals surface area (Å²) < 4.78 is 33.5. The van der Waals surface area contributed by atoms with Crippen LogP contribution in [0.3, 0.4) is 0 Å². The van der Waals surface area contributed by atoms with Gasteiger partial charge in [-0.3, -0.25) is 9.59 Å². The Labute approximate surface area is 418 Å². The Bertz CT molecular complexity index is 1540. The lowest BCUT2D eigenvalue weighted by Crippen LogP contribution is -2.61. The summed E-state index contributed by atoms with van der Waals surface area (Å²) in [5.41, 5.74) is 0. The van der Waals surface area contributed by atoms with Crippen molar-refractivity contribution in [3.8, 4) is 0 Å². The number of hydrogen-bond acceptors (Lipinski definition) is 15. The molecule has 2 saturated heterocycles. The number of ether oxygens (including phenoxy) is 6. The standard InChI is InChI=1S/C55H90O15/c1-3-5-7-9-11-13-15-17-19-21-23-25-27-29-31-33-35-37-46(57)65-40-43(68-47(58)38-36-34-32-30-28-26-24-22-20-18-16-14-12-10-8-6-4-2)41-66-54-53(64)51(62)49(60)45(70-54)42-67-55-52(63)50(61)48(59)44(39-56)69-55/h5,7,11-14,17-20,23,25,29,31,43-45,48-56,59-64H,3-4,6,8-10,15-16,21-22,24,26-28,30,32-42H2,1-2H3/b7-5+,13-11+,14-12+,19-17+,20-18+,25-23+,31-29+/t43-,44+,45+,48-,49-,50?,51?,52?,53?,54+,55+/m0/s1. The van der Waals surface area contributed by atoms with Gasteiger partial charge >= 0.3 is 11.9 Å². The van der Waals surface area contributed by atoms with E-state index in [9.17, 15) is 45.3 Å². The van der Waals surface area contributed by atoms with Crippen molar-refractivity contribution in [3.05, 3.63) is 85.1 Å². The van der Waals surface area contributed by atoms with Crippen LogP contribution in [0.1, 0.15) is 155 Å². The van der Waals surface area contributed by atoms with Gasteiger partial charge in [0.1, 0.15) is 55.4 Å². The summed E-state index contributed by atoms with van der Waals surface area (Å²) in [6.45, 7) is 2.37. The van der Waals surface area contributed by atoms with Crippen LogP contribution in [0.15, 0.2) is 85.1 Å². The zero-order valence-electron chi connectivity index (χ0n) is 42.2. The van der Waals surface area contributed by atoms with Crippen LogP contribution in [0.4, 0.5) is 0 Å². The topological polar surface area (TPSA) is 231 Å².